The Morgan fingerprint density at radius 1 is 1.14 bits per heavy atom. The number of carbonyl (C=O) groups is 1. The van der Waals surface area contributed by atoms with Crippen LogP contribution in [0.2, 0.25) is 0 Å². The molecule has 0 atom stereocenters. The van der Waals surface area contributed by atoms with E-state index in [-0.39, 0.29) is 19.0 Å². The van der Waals surface area contributed by atoms with Crippen LogP contribution >= 0.6 is 0 Å². The second kappa shape index (κ2) is 6.90. The molecule has 21 heavy (non-hydrogen) atoms. The van der Waals surface area contributed by atoms with Crippen molar-refractivity contribution in [1.29, 1.82) is 0 Å². The van der Waals surface area contributed by atoms with Crippen LogP contribution in [0, 0.1) is 6.92 Å². The molecular formula is C17H18O4. The molecule has 2 rings (SSSR count). The zero-order chi connectivity index (χ0) is 15.2. The summed E-state index contributed by atoms with van der Waals surface area (Å²) in [6.45, 7) is 1.77. The largest absolute Gasteiger partial charge is 0.493 e. The van der Waals surface area contributed by atoms with Crippen LogP contribution < -0.4 is 9.47 Å². The highest BCUT2D eigenvalue weighted by molar-refractivity contribution is 5.98. The fourth-order valence-electron chi connectivity index (χ4n) is 2.04. The Hall–Kier alpha value is -2.33. The molecule has 0 aliphatic heterocycles. The van der Waals surface area contributed by atoms with Crippen molar-refractivity contribution in [3.63, 3.8) is 0 Å². The van der Waals surface area contributed by atoms with E-state index >= 15 is 0 Å². The zero-order valence-corrected chi connectivity index (χ0v) is 12.1. The van der Waals surface area contributed by atoms with Gasteiger partial charge in [-0.05, 0) is 30.2 Å². The van der Waals surface area contributed by atoms with Crippen molar-refractivity contribution in [3.8, 4) is 11.5 Å². The Morgan fingerprint density at radius 2 is 1.90 bits per heavy atom. The first-order valence-corrected chi connectivity index (χ1v) is 6.65. The molecule has 0 bridgehead atoms. The van der Waals surface area contributed by atoms with E-state index in [9.17, 15) is 4.79 Å². The van der Waals surface area contributed by atoms with Crippen molar-refractivity contribution in [2.75, 3.05) is 13.7 Å². The van der Waals surface area contributed by atoms with Gasteiger partial charge in [-0.25, -0.2) is 0 Å². The first kappa shape index (κ1) is 15.1. The number of ketones is 1. The maximum absolute atomic E-state index is 12.2. The number of methoxy groups -OCH3 is 1. The Labute approximate surface area is 123 Å². The maximum Gasteiger partial charge on any atom is 0.200 e. The lowest BCUT2D eigenvalue weighted by Gasteiger charge is -2.11. The molecular weight excluding hydrogens is 268 g/mol. The SMILES string of the molecule is COc1cc(CO)ccc1OCC(=O)c1ccccc1C. The fourth-order valence-corrected chi connectivity index (χ4v) is 2.04. The minimum Gasteiger partial charge on any atom is -0.493 e. The van der Waals surface area contributed by atoms with Gasteiger partial charge in [0.05, 0.1) is 13.7 Å². The molecule has 2 aromatic rings. The van der Waals surface area contributed by atoms with Gasteiger partial charge in [-0.3, -0.25) is 4.79 Å². The summed E-state index contributed by atoms with van der Waals surface area (Å²) in [7, 11) is 1.52. The van der Waals surface area contributed by atoms with Crippen LogP contribution in [0.1, 0.15) is 21.5 Å². The first-order valence-electron chi connectivity index (χ1n) is 6.65. The van der Waals surface area contributed by atoms with E-state index < -0.39 is 0 Å². The lowest BCUT2D eigenvalue weighted by atomic mass is 10.1. The lowest BCUT2D eigenvalue weighted by Crippen LogP contribution is -2.13. The number of hydrogen-bond acceptors (Lipinski definition) is 4. The number of benzene rings is 2. The molecule has 4 nitrogen and oxygen atoms in total. The van der Waals surface area contributed by atoms with Crippen LogP contribution in [-0.4, -0.2) is 24.6 Å². The number of aliphatic hydroxyl groups excluding tert-OH is 1. The molecule has 0 heterocycles. The molecule has 2 aromatic carbocycles. The van der Waals surface area contributed by atoms with Crippen molar-refractivity contribution >= 4 is 5.78 Å². The molecule has 0 aliphatic rings. The molecule has 1 N–H and O–H groups in total. The van der Waals surface area contributed by atoms with Gasteiger partial charge in [-0.1, -0.05) is 30.3 Å². The summed E-state index contributed by atoms with van der Waals surface area (Å²) in [5, 5.41) is 9.10. The van der Waals surface area contributed by atoms with E-state index in [1.165, 1.54) is 7.11 Å². The van der Waals surface area contributed by atoms with Crippen molar-refractivity contribution < 1.29 is 19.4 Å². The van der Waals surface area contributed by atoms with Crippen molar-refractivity contribution in [2.24, 2.45) is 0 Å². The zero-order valence-electron chi connectivity index (χ0n) is 12.1. The number of ether oxygens (including phenoxy) is 2. The molecule has 0 amide bonds. The Kier molecular flexibility index (Phi) is 4.95. The summed E-state index contributed by atoms with van der Waals surface area (Å²) in [6.07, 6.45) is 0. The van der Waals surface area contributed by atoms with Crippen molar-refractivity contribution in [1.82, 2.24) is 0 Å². The summed E-state index contributed by atoms with van der Waals surface area (Å²) >= 11 is 0. The molecule has 0 aromatic heterocycles. The van der Waals surface area contributed by atoms with E-state index in [1.807, 2.05) is 25.1 Å². The van der Waals surface area contributed by atoms with Crippen LogP contribution in [0.5, 0.6) is 11.5 Å². The van der Waals surface area contributed by atoms with Gasteiger partial charge in [0.2, 0.25) is 0 Å². The average Bonchev–Trinajstić information content (AvgIpc) is 2.52. The number of Topliss-reactive ketones (excluding diaryl/α,β-unsaturated/α-hetero) is 1. The number of carbonyl (C=O) groups excluding carboxylic acids is 1. The second-order valence-electron chi connectivity index (χ2n) is 4.67. The van der Waals surface area contributed by atoms with E-state index in [0.717, 1.165) is 11.1 Å². The van der Waals surface area contributed by atoms with E-state index in [0.29, 0.717) is 17.1 Å². The molecule has 0 unspecified atom stereocenters. The highest BCUT2D eigenvalue weighted by Gasteiger charge is 2.11. The van der Waals surface area contributed by atoms with E-state index in [2.05, 4.69) is 0 Å². The number of aliphatic hydroxyl groups is 1. The van der Waals surface area contributed by atoms with Gasteiger partial charge >= 0.3 is 0 Å². The monoisotopic (exact) mass is 286 g/mol. The van der Waals surface area contributed by atoms with Crippen molar-refractivity contribution in [2.45, 2.75) is 13.5 Å². The van der Waals surface area contributed by atoms with Gasteiger partial charge in [0, 0.05) is 5.56 Å². The third-order valence-electron chi connectivity index (χ3n) is 3.21. The van der Waals surface area contributed by atoms with E-state index in [1.54, 1.807) is 24.3 Å². The lowest BCUT2D eigenvalue weighted by molar-refractivity contribution is 0.0919. The topological polar surface area (TPSA) is 55.8 Å². The molecule has 110 valence electrons. The molecule has 0 spiro atoms. The summed E-state index contributed by atoms with van der Waals surface area (Å²) in [6, 6.07) is 12.5. The standard InChI is InChI=1S/C17H18O4/c1-12-5-3-4-6-14(12)15(19)11-21-16-8-7-13(10-18)9-17(16)20-2/h3-9,18H,10-11H2,1-2H3. The minimum atomic E-state index is -0.0820. The normalized spacial score (nSPS) is 10.2. The van der Waals surface area contributed by atoms with Crippen LogP contribution in [0.4, 0.5) is 0 Å². The van der Waals surface area contributed by atoms with Gasteiger partial charge in [0.25, 0.3) is 0 Å². The molecule has 0 fully saturated rings. The van der Waals surface area contributed by atoms with Crippen LogP contribution in [0.3, 0.4) is 0 Å². The maximum atomic E-state index is 12.2. The van der Waals surface area contributed by atoms with Crippen LogP contribution in [0.15, 0.2) is 42.5 Å². The molecule has 0 saturated carbocycles. The third kappa shape index (κ3) is 3.61. The number of aryl methyl sites for hydroxylation is 1. The fraction of sp³-hybridized carbons (Fsp3) is 0.235. The highest BCUT2D eigenvalue weighted by Crippen LogP contribution is 2.28. The third-order valence-corrected chi connectivity index (χ3v) is 3.21. The molecule has 0 aliphatic carbocycles. The summed E-state index contributed by atoms with van der Waals surface area (Å²) in [4.78, 5) is 12.2. The van der Waals surface area contributed by atoms with Gasteiger partial charge in [-0.2, -0.15) is 0 Å². The Balaban J connectivity index is 2.10. The van der Waals surface area contributed by atoms with Crippen LogP contribution in [-0.2, 0) is 6.61 Å². The smallest absolute Gasteiger partial charge is 0.200 e. The summed E-state index contributed by atoms with van der Waals surface area (Å²) in [5.41, 5.74) is 2.31. The van der Waals surface area contributed by atoms with Gasteiger partial charge in [0.1, 0.15) is 0 Å². The number of rotatable bonds is 6. The van der Waals surface area contributed by atoms with Gasteiger partial charge in [-0.15, -0.1) is 0 Å². The minimum absolute atomic E-state index is 0.0559. The quantitative estimate of drug-likeness (QED) is 0.830. The summed E-state index contributed by atoms with van der Waals surface area (Å²) in [5.74, 6) is 0.900. The summed E-state index contributed by atoms with van der Waals surface area (Å²) < 4.78 is 10.7. The molecule has 0 saturated heterocycles. The molecule has 4 heteroatoms. The van der Waals surface area contributed by atoms with E-state index in [4.69, 9.17) is 14.6 Å². The first-order chi connectivity index (χ1) is 10.2. The average molecular weight is 286 g/mol. The predicted molar refractivity (Wildman–Crippen MR) is 79.9 cm³/mol. The molecule has 0 radical (unpaired) electrons. The van der Waals surface area contributed by atoms with Gasteiger partial charge < -0.3 is 14.6 Å². The van der Waals surface area contributed by atoms with Crippen LogP contribution in [0.25, 0.3) is 0 Å². The Morgan fingerprint density at radius 3 is 2.57 bits per heavy atom. The number of hydrogen-bond donors (Lipinski definition) is 1. The highest BCUT2D eigenvalue weighted by atomic mass is 16.5. The van der Waals surface area contributed by atoms with Crippen molar-refractivity contribution in [3.05, 3.63) is 59.2 Å². The van der Waals surface area contributed by atoms with Gasteiger partial charge in [0.15, 0.2) is 23.9 Å². The predicted octanol–water partition coefficient (Wildman–Crippen LogP) is 2.76. The second-order valence-corrected chi connectivity index (χ2v) is 4.67. The Bertz CT molecular complexity index is 634.